The number of hydrogen-bond acceptors (Lipinski definition) is 4. The lowest BCUT2D eigenvalue weighted by atomic mass is 9.96. The van der Waals surface area contributed by atoms with Gasteiger partial charge < -0.3 is 20.4 Å². The van der Waals surface area contributed by atoms with Gasteiger partial charge in [0.05, 0.1) is 0 Å². The van der Waals surface area contributed by atoms with Crippen LogP contribution in [0.3, 0.4) is 0 Å². The summed E-state index contributed by atoms with van der Waals surface area (Å²) in [5, 5.41) is 6.54. The summed E-state index contributed by atoms with van der Waals surface area (Å²) in [6, 6.07) is 4.12. The molecule has 0 aromatic carbocycles. The Morgan fingerprint density at radius 2 is 2.00 bits per heavy atom. The number of aromatic nitrogens is 1. The standard InChI is InChI=1S/C19H30N6O.HI/c1-4-9-21-19(23-15-18(26)24(2)3)22-14-16-7-12-25(13-8-16)17-5-10-20-11-6-17;/h4-6,10-11,16H,1,7-9,12-15H2,2-3H3,(H2,21,22,23);1H. The average Bonchev–Trinajstić information content (AvgIpc) is 2.68. The molecule has 0 spiro atoms. The fourth-order valence-electron chi connectivity index (χ4n) is 2.82. The number of pyridine rings is 1. The predicted molar refractivity (Wildman–Crippen MR) is 122 cm³/mol. The van der Waals surface area contributed by atoms with Gasteiger partial charge in [0.2, 0.25) is 5.91 Å². The number of carbonyl (C=O) groups excluding carboxylic acids is 1. The monoisotopic (exact) mass is 486 g/mol. The van der Waals surface area contributed by atoms with Crippen LogP contribution in [0.4, 0.5) is 5.69 Å². The highest BCUT2D eigenvalue weighted by Gasteiger charge is 2.19. The Morgan fingerprint density at radius 3 is 2.59 bits per heavy atom. The highest BCUT2D eigenvalue weighted by molar-refractivity contribution is 14.0. The number of anilines is 1. The van der Waals surface area contributed by atoms with E-state index in [0.717, 1.165) is 32.5 Å². The number of hydrogen-bond donors (Lipinski definition) is 2. The van der Waals surface area contributed by atoms with Gasteiger partial charge in [-0.15, -0.1) is 30.6 Å². The third-order valence-corrected chi connectivity index (χ3v) is 4.49. The molecule has 1 aliphatic rings. The Hall–Kier alpha value is -1.84. The molecule has 2 rings (SSSR count). The second-order valence-electron chi connectivity index (χ2n) is 6.64. The number of aliphatic imine (C=N–C) groups is 1. The van der Waals surface area contributed by atoms with Crippen LogP contribution in [-0.4, -0.2) is 68.6 Å². The van der Waals surface area contributed by atoms with Gasteiger partial charge in [-0.05, 0) is 30.9 Å². The van der Waals surface area contributed by atoms with Gasteiger partial charge >= 0.3 is 0 Å². The lowest BCUT2D eigenvalue weighted by molar-refractivity contribution is -0.127. The quantitative estimate of drug-likeness (QED) is 0.266. The average molecular weight is 486 g/mol. The number of nitrogens with zero attached hydrogens (tertiary/aromatic N) is 4. The summed E-state index contributed by atoms with van der Waals surface area (Å²) in [6.45, 7) is 7.40. The van der Waals surface area contributed by atoms with Gasteiger partial charge in [-0.2, -0.15) is 0 Å². The van der Waals surface area contributed by atoms with Crippen molar-refractivity contribution in [1.82, 2.24) is 20.5 Å². The van der Waals surface area contributed by atoms with Crippen LogP contribution in [0.15, 0.2) is 42.2 Å². The maximum absolute atomic E-state index is 11.7. The zero-order valence-electron chi connectivity index (χ0n) is 16.2. The van der Waals surface area contributed by atoms with E-state index in [0.29, 0.717) is 18.4 Å². The molecular formula is C19H31IN6O. The molecule has 0 atom stereocenters. The molecule has 8 heteroatoms. The highest BCUT2D eigenvalue weighted by Crippen LogP contribution is 2.22. The molecule has 1 saturated heterocycles. The number of amides is 1. The summed E-state index contributed by atoms with van der Waals surface area (Å²) in [5.74, 6) is 1.24. The lowest BCUT2D eigenvalue weighted by Crippen LogP contribution is -2.43. The van der Waals surface area contributed by atoms with Crippen LogP contribution in [0.1, 0.15) is 12.8 Å². The third kappa shape index (κ3) is 8.15. The van der Waals surface area contributed by atoms with E-state index in [9.17, 15) is 4.79 Å². The van der Waals surface area contributed by atoms with E-state index in [2.05, 4.69) is 44.2 Å². The van der Waals surface area contributed by atoms with Crippen LogP contribution in [0.2, 0.25) is 0 Å². The zero-order chi connectivity index (χ0) is 18.8. The smallest absolute Gasteiger partial charge is 0.243 e. The van der Waals surface area contributed by atoms with E-state index in [4.69, 9.17) is 0 Å². The predicted octanol–water partition coefficient (Wildman–Crippen LogP) is 1.73. The summed E-state index contributed by atoms with van der Waals surface area (Å²) in [7, 11) is 3.47. The van der Waals surface area contributed by atoms with E-state index in [1.807, 2.05) is 12.4 Å². The first-order valence-electron chi connectivity index (χ1n) is 9.08. The Bertz CT molecular complexity index is 599. The van der Waals surface area contributed by atoms with E-state index in [1.54, 1.807) is 25.1 Å². The molecule has 0 bridgehead atoms. The van der Waals surface area contributed by atoms with E-state index in [1.165, 1.54) is 5.69 Å². The molecule has 0 unspecified atom stereocenters. The largest absolute Gasteiger partial charge is 0.371 e. The van der Waals surface area contributed by atoms with Crippen molar-refractivity contribution < 1.29 is 4.79 Å². The molecular weight excluding hydrogens is 455 g/mol. The first kappa shape index (κ1) is 23.2. The van der Waals surface area contributed by atoms with Crippen LogP contribution in [-0.2, 0) is 4.79 Å². The number of carbonyl (C=O) groups is 1. The van der Waals surface area contributed by atoms with Gasteiger partial charge in [-0.3, -0.25) is 9.78 Å². The Morgan fingerprint density at radius 1 is 1.33 bits per heavy atom. The maximum Gasteiger partial charge on any atom is 0.243 e. The summed E-state index contributed by atoms with van der Waals surface area (Å²) in [5.41, 5.74) is 1.24. The zero-order valence-corrected chi connectivity index (χ0v) is 18.6. The van der Waals surface area contributed by atoms with Crippen molar-refractivity contribution >= 4 is 41.5 Å². The minimum absolute atomic E-state index is 0. The Labute approximate surface area is 179 Å². The van der Waals surface area contributed by atoms with Crippen LogP contribution < -0.4 is 15.5 Å². The normalized spacial score (nSPS) is 14.9. The van der Waals surface area contributed by atoms with Crippen molar-refractivity contribution in [3.63, 3.8) is 0 Å². The van der Waals surface area contributed by atoms with Crippen molar-refractivity contribution in [2.75, 3.05) is 51.7 Å². The molecule has 1 aromatic rings. The molecule has 2 heterocycles. The van der Waals surface area contributed by atoms with Crippen molar-refractivity contribution in [1.29, 1.82) is 0 Å². The summed E-state index contributed by atoms with van der Waals surface area (Å²) in [4.78, 5) is 24.1. The minimum atomic E-state index is -0.0182. The molecule has 0 saturated carbocycles. The SMILES string of the molecule is C=CCNC(=NCC(=O)N(C)C)NCC1CCN(c2ccncc2)CC1.I. The summed E-state index contributed by atoms with van der Waals surface area (Å²) >= 11 is 0. The number of halogens is 1. The molecule has 1 amide bonds. The fourth-order valence-corrected chi connectivity index (χ4v) is 2.82. The number of nitrogens with one attached hydrogen (secondary N) is 2. The van der Waals surface area contributed by atoms with E-state index < -0.39 is 0 Å². The van der Waals surface area contributed by atoms with Gasteiger partial charge in [0.15, 0.2) is 5.96 Å². The molecule has 1 aromatic heterocycles. The number of guanidine groups is 1. The van der Waals surface area contributed by atoms with Crippen molar-refractivity contribution in [2.24, 2.45) is 10.9 Å². The fraction of sp³-hybridized carbons (Fsp3) is 0.526. The summed E-state index contributed by atoms with van der Waals surface area (Å²) < 4.78 is 0. The highest BCUT2D eigenvalue weighted by atomic mass is 127. The number of rotatable bonds is 7. The minimum Gasteiger partial charge on any atom is -0.371 e. The van der Waals surface area contributed by atoms with Crippen molar-refractivity contribution in [2.45, 2.75) is 12.8 Å². The first-order valence-corrected chi connectivity index (χ1v) is 9.08. The number of piperidine rings is 1. The Kier molecular flexibility index (Phi) is 10.8. The van der Waals surface area contributed by atoms with Crippen LogP contribution in [0, 0.1) is 5.92 Å². The molecule has 0 radical (unpaired) electrons. The third-order valence-electron chi connectivity index (χ3n) is 4.49. The van der Waals surface area contributed by atoms with Crippen LogP contribution >= 0.6 is 24.0 Å². The van der Waals surface area contributed by atoms with Gasteiger partial charge in [0.1, 0.15) is 6.54 Å². The maximum atomic E-state index is 11.7. The molecule has 150 valence electrons. The van der Waals surface area contributed by atoms with Crippen LogP contribution in [0.5, 0.6) is 0 Å². The van der Waals surface area contributed by atoms with E-state index in [-0.39, 0.29) is 36.4 Å². The summed E-state index contributed by atoms with van der Waals surface area (Å²) in [6.07, 6.45) is 7.71. The molecule has 0 aliphatic carbocycles. The molecule has 1 fully saturated rings. The number of likely N-dealkylation sites (N-methyl/N-ethyl adjacent to an activating group) is 1. The lowest BCUT2D eigenvalue weighted by Gasteiger charge is -2.33. The van der Waals surface area contributed by atoms with Gasteiger partial charge in [-0.25, -0.2) is 4.99 Å². The second kappa shape index (κ2) is 12.5. The molecule has 27 heavy (non-hydrogen) atoms. The molecule has 7 nitrogen and oxygen atoms in total. The first-order chi connectivity index (χ1) is 12.6. The second-order valence-corrected chi connectivity index (χ2v) is 6.64. The Balaban J connectivity index is 0.00000364. The topological polar surface area (TPSA) is 72.9 Å². The molecule has 2 N–H and O–H groups in total. The van der Waals surface area contributed by atoms with E-state index >= 15 is 0 Å². The van der Waals surface area contributed by atoms with Gasteiger partial charge in [0.25, 0.3) is 0 Å². The van der Waals surface area contributed by atoms with Gasteiger partial charge in [0, 0.05) is 58.4 Å². The molecule has 1 aliphatic heterocycles. The van der Waals surface area contributed by atoms with Crippen molar-refractivity contribution in [3.8, 4) is 0 Å². The van der Waals surface area contributed by atoms with Crippen LogP contribution in [0.25, 0.3) is 0 Å². The van der Waals surface area contributed by atoms with Crippen molar-refractivity contribution in [3.05, 3.63) is 37.2 Å². The van der Waals surface area contributed by atoms with Gasteiger partial charge in [-0.1, -0.05) is 6.08 Å².